The van der Waals surface area contributed by atoms with E-state index in [2.05, 4.69) is 10.2 Å². The highest BCUT2D eigenvalue weighted by Gasteiger charge is 2.39. The molecule has 1 heterocycles. The summed E-state index contributed by atoms with van der Waals surface area (Å²) in [6, 6.07) is 1.88. The topological polar surface area (TPSA) is 37.9 Å². The molecule has 2 aliphatic carbocycles. The van der Waals surface area contributed by atoms with Crippen LogP contribution in [0.1, 0.15) is 25.7 Å². The van der Waals surface area contributed by atoms with Crippen LogP contribution in [-0.2, 0) is 0 Å². The zero-order chi connectivity index (χ0) is 9.38. The lowest BCUT2D eigenvalue weighted by molar-refractivity contribution is 0.189. The summed E-state index contributed by atoms with van der Waals surface area (Å²) in [6.07, 6.45) is 7.47. The average molecular weight is 192 g/mol. The van der Waals surface area contributed by atoms with Crippen LogP contribution in [0.3, 0.4) is 0 Å². The maximum atomic E-state index is 5.66. The van der Waals surface area contributed by atoms with Gasteiger partial charge in [0.15, 0.2) is 0 Å². The molecule has 1 N–H and O–H groups in total. The van der Waals surface area contributed by atoms with Crippen molar-refractivity contribution < 1.29 is 4.74 Å². The van der Waals surface area contributed by atoms with Crippen LogP contribution in [0.2, 0.25) is 0 Å². The van der Waals surface area contributed by atoms with E-state index in [-0.39, 0.29) is 0 Å². The van der Waals surface area contributed by atoms with Crippen molar-refractivity contribution in [2.24, 2.45) is 17.8 Å². The number of ether oxygens (including phenoxy) is 1. The molecule has 2 saturated carbocycles. The van der Waals surface area contributed by atoms with Crippen molar-refractivity contribution in [2.75, 3.05) is 6.61 Å². The first kappa shape index (κ1) is 8.33. The van der Waals surface area contributed by atoms with Crippen molar-refractivity contribution in [1.29, 1.82) is 0 Å². The number of fused-ring (bicyclic) bond motifs is 2. The second-order valence-corrected chi connectivity index (χ2v) is 4.67. The first-order valence-corrected chi connectivity index (χ1v) is 5.54. The number of nitrogens with one attached hydrogen (secondary N) is 1. The third-order valence-corrected chi connectivity index (χ3v) is 3.81. The predicted molar refractivity (Wildman–Crippen MR) is 53.0 cm³/mol. The van der Waals surface area contributed by atoms with E-state index < -0.39 is 0 Å². The molecule has 0 saturated heterocycles. The quantitative estimate of drug-likeness (QED) is 0.797. The second kappa shape index (κ2) is 3.30. The second-order valence-electron chi connectivity index (χ2n) is 4.67. The van der Waals surface area contributed by atoms with Crippen molar-refractivity contribution in [1.82, 2.24) is 10.2 Å². The van der Waals surface area contributed by atoms with Gasteiger partial charge in [0.2, 0.25) is 5.88 Å². The van der Waals surface area contributed by atoms with Gasteiger partial charge in [-0.2, -0.15) is 5.10 Å². The first-order valence-electron chi connectivity index (χ1n) is 5.54. The number of hydrogen-bond donors (Lipinski definition) is 1. The van der Waals surface area contributed by atoms with Crippen LogP contribution in [0.5, 0.6) is 5.88 Å². The molecule has 1 aromatic heterocycles. The summed E-state index contributed by atoms with van der Waals surface area (Å²) in [6.45, 7) is 0.878. The van der Waals surface area contributed by atoms with Gasteiger partial charge in [-0.05, 0) is 37.0 Å². The Labute approximate surface area is 83.9 Å². The van der Waals surface area contributed by atoms with Crippen molar-refractivity contribution in [3.05, 3.63) is 12.3 Å². The maximum absolute atomic E-state index is 5.66. The molecule has 0 radical (unpaired) electrons. The van der Waals surface area contributed by atoms with Gasteiger partial charge in [0.1, 0.15) is 0 Å². The Bertz CT molecular complexity index is 296. The van der Waals surface area contributed by atoms with E-state index >= 15 is 0 Å². The molecule has 1 aromatic rings. The van der Waals surface area contributed by atoms with Gasteiger partial charge >= 0.3 is 0 Å². The molecule has 76 valence electrons. The summed E-state index contributed by atoms with van der Waals surface area (Å²) < 4.78 is 5.66. The third kappa shape index (κ3) is 1.41. The molecule has 0 aliphatic heterocycles. The van der Waals surface area contributed by atoms with E-state index in [1.165, 1.54) is 25.7 Å². The van der Waals surface area contributed by atoms with Crippen LogP contribution in [0.4, 0.5) is 0 Å². The molecule has 0 amide bonds. The Kier molecular flexibility index (Phi) is 1.96. The summed E-state index contributed by atoms with van der Waals surface area (Å²) >= 11 is 0. The molecule has 3 rings (SSSR count). The Balaban J connectivity index is 1.54. The summed E-state index contributed by atoms with van der Waals surface area (Å²) in [5.74, 6) is 3.57. The minimum Gasteiger partial charge on any atom is -0.478 e. The molecule has 3 nitrogen and oxygen atoms in total. The molecule has 2 fully saturated rings. The number of nitrogens with zero attached hydrogens (tertiary/aromatic N) is 1. The molecule has 3 heteroatoms. The van der Waals surface area contributed by atoms with Gasteiger partial charge in [0.05, 0.1) is 12.8 Å². The van der Waals surface area contributed by atoms with Crippen molar-refractivity contribution in [3.8, 4) is 5.88 Å². The minimum absolute atomic E-state index is 0.803. The Hall–Kier alpha value is -0.990. The highest BCUT2D eigenvalue weighted by molar-refractivity contribution is 5.04. The molecular weight excluding hydrogens is 176 g/mol. The Morgan fingerprint density at radius 2 is 2.43 bits per heavy atom. The van der Waals surface area contributed by atoms with E-state index in [0.717, 1.165) is 30.2 Å². The van der Waals surface area contributed by atoms with Crippen LogP contribution >= 0.6 is 0 Å². The first-order chi connectivity index (χ1) is 6.92. The van der Waals surface area contributed by atoms with E-state index in [4.69, 9.17) is 4.74 Å². The third-order valence-electron chi connectivity index (χ3n) is 3.81. The smallest absolute Gasteiger partial charge is 0.209 e. The van der Waals surface area contributed by atoms with Gasteiger partial charge in [-0.3, -0.25) is 0 Å². The van der Waals surface area contributed by atoms with Crippen LogP contribution in [-0.4, -0.2) is 16.8 Å². The predicted octanol–water partition coefficient (Wildman–Crippen LogP) is 2.22. The highest BCUT2D eigenvalue weighted by atomic mass is 16.5. The highest BCUT2D eigenvalue weighted by Crippen LogP contribution is 2.48. The number of aromatic amines is 1. The molecule has 3 atom stereocenters. The van der Waals surface area contributed by atoms with Crippen molar-refractivity contribution in [3.63, 3.8) is 0 Å². The lowest BCUT2D eigenvalue weighted by atomic mass is 9.90. The monoisotopic (exact) mass is 192 g/mol. The van der Waals surface area contributed by atoms with Crippen LogP contribution in [0.25, 0.3) is 0 Å². The number of H-pyrrole nitrogens is 1. The zero-order valence-electron chi connectivity index (χ0n) is 8.28. The van der Waals surface area contributed by atoms with Gasteiger partial charge in [-0.1, -0.05) is 6.42 Å². The minimum atomic E-state index is 0.803. The summed E-state index contributed by atoms with van der Waals surface area (Å²) in [5, 5.41) is 6.70. The normalized spacial score (nSPS) is 35.0. The van der Waals surface area contributed by atoms with Crippen LogP contribution < -0.4 is 4.74 Å². The molecule has 14 heavy (non-hydrogen) atoms. The van der Waals surface area contributed by atoms with Gasteiger partial charge in [0.25, 0.3) is 0 Å². The molecule has 2 bridgehead atoms. The molecule has 0 aromatic carbocycles. The van der Waals surface area contributed by atoms with Gasteiger partial charge in [-0.25, -0.2) is 5.10 Å². The van der Waals surface area contributed by atoms with E-state index in [9.17, 15) is 0 Å². The standard InChI is InChI=1S/C11H16N2O/c1-2-9-5-8(1)6-10(9)7-14-11-3-4-12-13-11/h3-4,8-10H,1-2,5-7H2,(H,12,13)/t8-,9+,10?/m1/s1. The zero-order valence-corrected chi connectivity index (χ0v) is 8.28. The van der Waals surface area contributed by atoms with E-state index in [1.54, 1.807) is 6.20 Å². The number of rotatable bonds is 3. The Morgan fingerprint density at radius 1 is 1.43 bits per heavy atom. The van der Waals surface area contributed by atoms with Gasteiger partial charge in [0, 0.05) is 6.07 Å². The molecule has 1 unspecified atom stereocenters. The lowest BCUT2D eigenvalue weighted by Crippen LogP contribution is -2.18. The SMILES string of the molecule is c1cc(OCC2C[C@@H]3CC[C@H]2C3)[nH]n1. The lowest BCUT2D eigenvalue weighted by Gasteiger charge is -2.20. The number of hydrogen-bond acceptors (Lipinski definition) is 2. The van der Waals surface area contributed by atoms with Crippen molar-refractivity contribution >= 4 is 0 Å². The average Bonchev–Trinajstić information content (AvgIpc) is 2.91. The molecular formula is C11H16N2O. The summed E-state index contributed by atoms with van der Waals surface area (Å²) in [5.41, 5.74) is 0. The van der Waals surface area contributed by atoms with Crippen LogP contribution in [0, 0.1) is 17.8 Å². The van der Waals surface area contributed by atoms with Crippen molar-refractivity contribution in [2.45, 2.75) is 25.7 Å². The number of aromatic nitrogens is 2. The van der Waals surface area contributed by atoms with Gasteiger partial charge < -0.3 is 4.74 Å². The fourth-order valence-electron chi connectivity index (χ4n) is 3.10. The van der Waals surface area contributed by atoms with Gasteiger partial charge in [-0.15, -0.1) is 0 Å². The fraction of sp³-hybridized carbons (Fsp3) is 0.727. The van der Waals surface area contributed by atoms with E-state index in [0.29, 0.717) is 0 Å². The largest absolute Gasteiger partial charge is 0.478 e. The summed E-state index contributed by atoms with van der Waals surface area (Å²) in [4.78, 5) is 0. The fourth-order valence-corrected chi connectivity index (χ4v) is 3.10. The summed E-state index contributed by atoms with van der Waals surface area (Å²) in [7, 11) is 0. The molecule has 0 spiro atoms. The van der Waals surface area contributed by atoms with Crippen LogP contribution in [0.15, 0.2) is 12.3 Å². The molecule has 2 aliphatic rings. The maximum Gasteiger partial charge on any atom is 0.209 e. The van der Waals surface area contributed by atoms with E-state index in [1.807, 2.05) is 6.07 Å². The Morgan fingerprint density at radius 3 is 3.07 bits per heavy atom.